The maximum atomic E-state index is 12.8. The van der Waals surface area contributed by atoms with E-state index in [1.807, 2.05) is 25.1 Å². The highest BCUT2D eigenvalue weighted by atomic mass is 32.1. The molecule has 0 saturated carbocycles. The lowest BCUT2D eigenvalue weighted by atomic mass is 9.98. The monoisotopic (exact) mass is 425 g/mol. The summed E-state index contributed by atoms with van der Waals surface area (Å²) in [6.07, 6.45) is 0.0939. The minimum atomic E-state index is -0.181. The smallest absolute Gasteiger partial charge is 0.227 e. The van der Waals surface area contributed by atoms with Crippen LogP contribution in [0.5, 0.6) is 0 Å². The number of anilines is 1. The number of fused-ring (bicyclic) bond motifs is 1. The number of carbonyl (C=O) groups excluding carboxylic acids is 2. The van der Waals surface area contributed by atoms with Gasteiger partial charge in [-0.25, -0.2) is 4.98 Å². The summed E-state index contributed by atoms with van der Waals surface area (Å²) in [6, 6.07) is 10.4. The molecule has 1 aliphatic carbocycles. The number of hydrogen-bond donors (Lipinski definition) is 0. The van der Waals surface area contributed by atoms with E-state index in [0.29, 0.717) is 29.4 Å². The van der Waals surface area contributed by atoms with Gasteiger partial charge in [0.1, 0.15) is 15.6 Å². The van der Waals surface area contributed by atoms with Crippen LogP contribution in [0.1, 0.15) is 31.6 Å². The Morgan fingerprint density at radius 1 is 1.10 bits per heavy atom. The first kappa shape index (κ1) is 20.8. The third kappa shape index (κ3) is 4.66. The van der Waals surface area contributed by atoms with Gasteiger partial charge in [-0.2, -0.15) is 0 Å². The van der Waals surface area contributed by atoms with Crippen LogP contribution in [0.2, 0.25) is 0 Å². The van der Waals surface area contributed by atoms with Crippen LogP contribution in [-0.4, -0.2) is 85.4 Å². The summed E-state index contributed by atoms with van der Waals surface area (Å²) in [7, 11) is 3.91. The minimum absolute atomic E-state index is 0.0363. The zero-order valence-corrected chi connectivity index (χ0v) is 18.3. The maximum Gasteiger partial charge on any atom is 0.227 e. The van der Waals surface area contributed by atoms with Crippen molar-refractivity contribution in [2.75, 3.05) is 58.3 Å². The van der Waals surface area contributed by atoms with Crippen LogP contribution < -0.4 is 4.90 Å². The third-order valence-electron chi connectivity index (χ3n) is 5.43. The maximum absolute atomic E-state index is 12.8. The van der Waals surface area contributed by atoms with Gasteiger partial charge in [0.05, 0.1) is 25.2 Å². The zero-order chi connectivity index (χ0) is 21.1. The molecule has 158 valence electrons. The van der Waals surface area contributed by atoms with E-state index in [1.165, 1.54) is 17.0 Å². The van der Waals surface area contributed by atoms with Crippen molar-refractivity contribution in [3.8, 4) is 0 Å². The Labute approximate surface area is 181 Å². The van der Waals surface area contributed by atoms with Crippen LogP contribution in [-0.2, 0) is 6.54 Å². The molecule has 1 fully saturated rings. The second-order valence-corrected chi connectivity index (χ2v) is 9.03. The van der Waals surface area contributed by atoms with Crippen molar-refractivity contribution in [1.29, 1.82) is 0 Å². The van der Waals surface area contributed by atoms with E-state index in [0.717, 1.165) is 37.7 Å². The topological polar surface area (TPSA) is 69.1 Å². The molecule has 2 aromatic rings. The number of thiazole rings is 1. The summed E-state index contributed by atoms with van der Waals surface area (Å²) in [6.45, 7) is 5.70. The molecule has 7 nitrogen and oxygen atoms in total. The predicted molar refractivity (Wildman–Crippen MR) is 120 cm³/mol. The standard InChI is InChI=1S/C22H27N5O2S/c1-25(2)9-8-23-17-14-18(28)22-20(21(17)29)24-19(30-22)15-26-10-12-27(13-11-26)16-6-4-3-5-7-16/h3-7H,8-15H2,1-2H3. The van der Waals surface area contributed by atoms with E-state index < -0.39 is 0 Å². The molecule has 1 aliphatic heterocycles. The highest BCUT2D eigenvalue weighted by molar-refractivity contribution is 7.14. The number of piperazine rings is 1. The van der Waals surface area contributed by atoms with Crippen molar-refractivity contribution >= 4 is 34.3 Å². The number of aromatic nitrogens is 1. The number of carbonyl (C=O) groups is 2. The van der Waals surface area contributed by atoms with E-state index in [4.69, 9.17) is 0 Å². The Hall–Kier alpha value is -2.42. The lowest BCUT2D eigenvalue weighted by Gasteiger charge is -2.35. The molecule has 0 atom stereocenters. The van der Waals surface area contributed by atoms with Gasteiger partial charge in [-0.05, 0) is 26.2 Å². The number of ketones is 2. The third-order valence-corrected chi connectivity index (χ3v) is 6.51. The van der Waals surface area contributed by atoms with E-state index in [9.17, 15) is 9.59 Å². The van der Waals surface area contributed by atoms with Gasteiger partial charge in [-0.15, -0.1) is 11.3 Å². The summed E-state index contributed by atoms with van der Waals surface area (Å²) in [5.41, 5.74) is 1.90. The molecule has 1 aromatic carbocycles. The van der Waals surface area contributed by atoms with Crippen molar-refractivity contribution in [3.05, 3.63) is 45.9 Å². The molecule has 1 saturated heterocycles. The summed E-state index contributed by atoms with van der Waals surface area (Å²) in [4.78, 5) is 41.5. The summed E-state index contributed by atoms with van der Waals surface area (Å²) >= 11 is 1.37. The van der Waals surface area contributed by atoms with Crippen molar-refractivity contribution in [2.24, 2.45) is 4.99 Å². The van der Waals surface area contributed by atoms with Gasteiger partial charge >= 0.3 is 0 Å². The number of nitrogens with zero attached hydrogens (tertiary/aromatic N) is 5. The SMILES string of the molecule is CN(C)CCN=C1CC(=O)c2sc(CN3CCN(c4ccccc4)CC3)nc2C1=O. The van der Waals surface area contributed by atoms with E-state index in [-0.39, 0.29) is 18.0 Å². The quantitative estimate of drug-likeness (QED) is 0.707. The molecule has 2 aliphatic rings. The molecule has 30 heavy (non-hydrogen) atoms. The molecular formula is C22H27N5O2S. The lowest BCUT2D eigenvalue weighted by molar-refractivity contribution is 0.0966. The first-order valence-corrected chi connectivity index (χ1v) is 11.1. The van der Waals surface area contributed by atoms with Gasteiger partial charge in [-0.1, -0.05) is 18.2 Å². The van der Waals surface area contributed by atoms with Crippen LogP contribution in [0.3, 0.4) is 0 Å². The molecule has 0 bridgehead atoms. The minimum Gasteiger partial charge on any atom is -0.369 e. The second-order valence-electron chi connectivity index (χ2n) is 7.94. The van der Waals surface area contributed by atoms with E-state index in [1.54, 1.807) is 0 Å². The molecule has 0 N–H and O–H groups in total. The highest BCUT2D eigenvalue weighted by Gasteiger charge is 2.33. The first-order valence-electron chi connectivity index (χ1n) is 10.3. The summed E-state index contributed by atoms with van der Waals surface area (Å²) in [5, 5.41) is 0.837. The van der Waals surface area contributed by atoms with Gasteiger partial charge in [0.15, 0.2) is 5.78 Å². The van der Waals surface area contributed by atoms with Crippen LogP contribution in [0, 0.1) is 0 Å². The number of likely N-dealkylation sites (N-methyl/N-ethyl adjacent to an activating group) is 1. The average Bonchev–Trinajstić information content (AvgIpc) is 3.17. The average molecular weight is 426 g/mol. The van der Waals surface area contributed by atoms with Gasteiger partial charge < -0.3 is 9.80 Å². The molecule has 0 radical (unpaired) electrons. The summed E-state index contributed by atoms with van der Waals surface area (Å²) in [5.74, 6) is -0.217. The van der Waals surface area contributed by atoms with Crippen LogP contribution in [0.25, 0.3) is 0 Å². The van der Waals surface area contributed by atoms with Crippen LogP contribution in [0.4, 0.5) is 5.69 Å². The molecule has 8 heteroatoms. The molecule has 0 unspecified atom stereocenters. The second kappa shape index (κ2) is 9.16. The predicted octanol–water partition coefficient (Wildman–Crippen LogP) is 2.24. The first-order chi connectivity index (χ1) is 14.5. The fourth-order valence-corrected chi connectivity index (χ4v) is 4.77. The number of benzene rings is 1. The Balaban J connectivity index is 1.39. The van der Waals surface area contributed by atoms with E-state index in [2.05, 4.69) is 44.0 Å². The van der Waals surface area contributed by atoms with Crippen molar-refractivity contribution < 1.29 is 9.59 Å². The Morgan fingerprint density at radius 3 is 2.53 bits per heavy atom. The Bertz CT molecular complexity index is 946. The van der Waals surface area contributed by atoms with Gasteiger partial charge in [0.2, 0.25) is 5.78 Å². The van der Waals surface area contributed by atoms with Crippen molar-refractivity contribution in [1.82, 2.24) is 14.8 Å². The Kier molecular flexibility index (Phi) is 6.36. The number of aliphatic imine (C=N–C) groups is 1. The van der Waals surface area contributed by atoms with E-state index >= 15 is 0 Å². The lowest BCUT2D eigenvalue weighted by Crippen LogP contribution is -2.45. The number of hydrogen-bond acceptors (Lipinski definition) is 8. The largest absolute Gasteiger partial charge is 0.369 e. The molecule has 2 heterocycles. The van der Waals surface area contributed by atoms with Crippen LogP contribution >= 0.6 is 11.3 Å². The van der Waals surface area contributed by atoms with Crippen LogP contribution in [0.15, 0.2) is 35.3 Å². The molecule has 0 spiro atoms. The number of Topliss-reactive ketones (excluding diaryl/α,β-unsaturated/α-hetero) is 2. The Morgan fingerprint density at radius 2 is 1.83 bits per heavy atom. The van der Waals surface area contributed by atoms with Crippen molar-refractivity contribution in [3.63, 3.8) is 0 Å². The fourth-order valence-electron chi connectivity index (χ4n) is 3.73. The number of rotatable bonds is 6. The van der Waals surface area contributed by atoms with Gasteiger partial charge in [-0.3, -0.25) is 19.5 Å². The fraction of sp³-hybridized carbons (Fsp3) is 0.455. The van der Waals surface area contributed by atoms with Crippen molar-refractivity contribution in [2.45, 2.75) is 13.0 Å². The number of para-hydroxylation sites is 1. The molecular weight excluding hydrogens is 398 g/mol. The molecule has 0 amide bonds. The van der Waals surface area contributed by atoms with Gasteiger partial charge in [0, 0.05) is 38.4 Å². The molecule has 1 aromatic heterocycles. The highest BCUT2D eigenvalue weighted by Crippen LogP contribution is 2.27. The summed E-state index contributed by atoms with van der Waals surface area (Å²) < 4.78 is 0. The zero-order valence-electron chi connectivity index (χ0n) is 17.5. The van der Waals surface area contributed by atoms with Gasteiger partial charge in [0.25, 0.3) is 0 Å². The molecule has 4 rings (SSSR count). The normalized spacial score (nSPS) is 19.0.